The van der Waals surface area contributed by atoms with Crippen molar-refractivity contribution < 1.29 is 14.3 Å². The number of carbonyl (C=O) groups excluding carboxylic acids is 1. The Kier molecular flexibility index (Phi) is 7.87. The molecule has 1 N–H and O–H groups in total. The molecule has 10 heteroatoms. The first-order chi connectivity index (χ1) is 14.3. The fourth-order valence-corrected chi connectivity index (χ4v) is 3.96. The molecule has 0 spiro atoms. The van der Waals surface area contributed by atoms with Crippen molar-refractivity contribution >= 4 is 41.1 Å². The zero-order valence-corrected chi connectivity index (χ0v) is 19.4. The lowest BCUT2D eigenvalue weighted by Gasteiger charge is -2.34. The molecule has 168 valence electrons. The van der Waals surface area contributed by atoms with Gasteiger partial charge in [0.25, 0.3) is 0 Å². The monoisotopic (exact) mass is 459 g/mol. The number of likely N-dealkylation sites (tertiary alicyclic amines) is 1. The molecular formula is C20H31Cl2N5O3. The Bertz CT molecular complexity index is 730. The number of hydrogen-bond acceptors (Lipinski definition) is 7. The fourth-order valence-electron chi connectivity index (χ4n) is 3.51. The van der Waals surface area contributed by atoms with Crippen LogP contribution in [0.1, 0.15) is 39.2 Å². The minimum absolute atomic E-state index is 0.182. The first-order valence-corrected chi connectivity index (χ1v) is 11.4. The third kappa shape index (κ3) is 6.25. The molecule has 8 nitrogen and oxygen atoms in total. The maximum Gasteiger partial charge on any atom is 0.410 e. The lowest BCUT2D eigenvalue weighted by molar-refractivity contribution is 0.0210. The van der Waals surface area contributed by atoms with Gasteiger partial charge in [-0.15, -0.1) is 11.6 Å². The summed E-state index contributed by atoms with van der Waals surface area (Å²) in [7, 11) is 0. The highest BCUT2D eigenvalue weighted by Crippen LogP contribution is 2.28. The van der Waals surface area contributed by atoms with Crippen LogP contribution in [0.4, 0.5) is 16.6 Å². The Balaban J connectivity index is 1.68. The number of hydrogen-bond donors (Lipinski definition) is 1. The van der Waals surface area contributed by atoms with Crippen LogP contribution in [0.2, 0.25) is 5.15 Å². The smallest absolute Gasteiger partial charge is 0.410 e. The Morgan fingerprint density at radius 3 is 2.47 bits per heavy atom. The number of anilines is 2. The summed E-state index contributed by atoms with van der Waals surface area (Å²) in [6, 6.07) is 0.182. The largest absolute Gasteiger partial charge is 0.444 e. The van der Waals surface area contributed by atoms with E-state index in [-0.39, 0.29) is 12.1 Å². The van der Waals surface area contributed by atoms with E-state index in [1.165, 1.54) is 0 Å². The van der Waals surface area contributed by atoms with Crippen LogP contribution in [0.5, 0.6) is 0 Å². The Morgan fingerprint density at radius 2 is 1.87 bits per heavy atom. The Labute approximate surface area is 188 Å². The lowest BCUT2D eigenvalue weighted by Crippen LogP contribution is -2.44. The molecule has 1 aromatic heterocycles. The van der Waals surface area contributed by atoms with Crippen molar-refractivity contribution in [2.24, 2.45) is 0 Å². The number of ether oxygens (including phenoxy) is 2. The van der Waals surface area contributed by atoms with Gasteiger partial charge in [-0.2, -0.15) is 4.98 Å². The number of rotatable bonds is 5. The van der Waals surface area contributed by atoms with E-state index in [1.807, 2.05) is 20.8 Å². The fraction of sp³-hybridized carbons (Fsp3) is 0.750. The summed E-state index contributed by atoms with van der Waals surface area (Å²) in [6.07, 6.45) is 1.92. The van der Waals surface area contributed by atoms with Gasteiger partial charge in [0.2, 0.25) is 5.95 Å². The van der Waals surface area contributed by atoms with E-state index in [0.717, 1.165) is 37.3 Å². The third-order valence-corrected chi connectivity index (χ3v) is 5.57. The summed E-state index contributed by atoms with van der Waals surface area (Å²) in [5.74, 6) is 1.77. The number of carbonyl (C=O) groups is 1. The highest BCUT2D eigenvalue weighted by atomic mass is 35.5. The second-order valence-electron chi connectivity index (χ2n) is 8.57. The number of nitrogens with one attached hydrogen (secondary N) is 1. The Hall–Kier alpha value is -1.51. The molecule has 2 aliphatic rings. The van der Waals surface area contributed by atoms with Crippen LogP contribution in [0.15, 0.2) is 0 Å². The molecule has 30 heavy (non-hydrogen) atoms. The van der Waals surface area contributed by atoms with Crippen LogP contribution in [-0.4, -0.2) is 77.9 Å². The summed E-state index contributed by atoms with van der Waals surface area (Å²) < 4.78 is 10.9. The number of morpholine rings is 1. The number of halogens is 2. The maximum absolute atomic E-state index is 12.3. The zero-order valence-electron chi connectivity index (χ0n) is 17.9. The van der Waals surface area contributed by atoms with E-state index in [4.69, 9.17) is 37.7 Å². The van der Waals surface area contributed by atoms with Crippen molar-refractivity contribution in [3.05, 3.63) is 10.7 Å². The van der Waals surface area contributed by atoms with Gasteiger partial charge in [0.1, 0.15) is 16.6 Å². The van der Waals surface area contributed by atoms with E-state index in [1.54, 1.807) is 4.90 Å². The van der Waals surface area contributed by atoms with Crippen LogP contribution in [0, 0.1) is 0 Å². The van der Waals surface area contributed by atoms with Gasteiger partial charge in [-0.05, 0) is 40.0 Å². The standard InChI is InChI=1S/C20H31Cl2N5O3/c1-20(2,3)30-19(28)27-8-5-14(6-9-27)23-17-15(4-7-21)16(22)24-18(25-17)26-10-12-29-13-11-26/h14H,4-13H2,1-3H3,(H,23,24,25). The second kappa shape index (κ2) is 10.2. The zero-order chi connectivity index (χ0) is 21.7. The van der Waals surface area contributed by atoms with Gasteiger partial charge in [0.15, 0.2) is 0 Å². The highest BCUT2D eigenvalue weighted by Gasteiger charge is 2.28. The van der Waals surface area contributed by atoms with Gasteiger partial charge in [-0.1, -0.05) is 11.6 Å². The van der Waals surface area contributed by atoms with E-state index in [9.17, 15) is 4.79 Å². The van der Waals surface area contributed by atoms with Gasteiger partial charge in [0.05, 0.1) is 13.2 Å². The molecule has 0 unspecified atom stereocenters. The summed E-state index contributed by atoms with van der Waals surface area (Å²) in [6.45, 7) is 9.66. The first-order valence-electron chi connectivity index (χ1n) is 10.5. The second-order valence-corrected chi connectivity index (χ2v) is 9.30. The molecule has 0 atom stereocenters. The molecule has 0 aliphatic carbocycles. The molecule has 1 aromatic rings. The van der Waals surface area contributed by atoms with Crippen LogP contribution in [0.3, 0.4) is 0 Å². The minimum Gasteiger partial charge on any atom is -0.444 e. The molecule has 0 aromatic carbocycles. The maximum atomic E-state index is 12.3. The summed E-state index contributed by atoms with van der Waals surface area (Å²) in [4.78, 5) is 25.4. The normalized spacial score (nSPS) is 18.4. The number of nitrogens with zero attached hydrogens (tertiary/aromatic N) is 4. The van der Waals surface area contributed by atoms with Crippen molar-refractivity contribution in [3.63, 3.8) is 0 Å². The van der Waals surface area contributed by atoms with Crippen LogP contribution >= 0.6 is 23.2 Å². The quantitative estimate of drug-likeness (QED) is 0.532. The van der Waals surface area contributed by atoms with Crippen LogP contribution < -0.4 is 10.2 Å². The van der Waals surface area contributed by atoms with Crippen molar-refractivity contribution in [1.82, 2.24) is 14.9 Å². The summed E-state index contributed by atoms with van der Waals surface area (Å²) in [5, 5.41) is 3.96. The molecule has 2 saturated heterocycles. The summed E-state index contributed by atoms with van der Waals surface area (Å²) >= 11 is 12.5. The number of amides is 1. The molecule has 1 amide bonds. The van der Waals surface area contributed by atoms with E-state index in [0.29, 0.717) is 49.7 Å². The van der Waals surface area contributed by atoms with Crippen molar-refractivity contribution in [2.45, 2.75) is 51.7 Å². The molecule has 0 saturated carbocycles. The molecule has 0 radical (unpaired) electrons. The predicted octanol–water partition coefficient (Wildman–Crippen LogP) is 3.56. The van der Waals surface area contributed by atoms with Gasteiger partial charge in [-0.25, -0.2) is 9.78 Å². The van der Waals surface area contributed by atoms with Crippen molar-refractivity contribution in [1.29, 1.82) is 0 Å². The van der Waals surface area contributed by atoms with E-state index >= 15 is 0 Å². The van der Waals surface area contributed by atoms with Crippen molar-refractivity contribution in [3.8, 4) is 0 Å². The van der Waals surface area contributed by atoms with E-state index < -0.39 is 5.60 Å². The lowest BCUT2D eigenvalue weighted by atomic mass is 10.0. The van der Waals surface area contributed by atoms with Crippen molar-refractivity contribution in [2.75, 3.05) is 55.5 Å². The van der Waals surface area contributed by atoms with Gasteiger partial charge < -0.3 is 24.6 Å². The molecule has 3 heterocycles. The highest BCUT2D eigenvalue weighted by molar-refractivity contribution is 6.30. The van der Waals surface area contributed by atoms with E-state index in [2.05, 4.69) is 15.2 Å². The molecule has 2 aliphatic heterocycles. The van der Waals surface area contributed by atoms with Crippen LogP contribution in [-0.2, 0) is 15.9 Å². The number of alkyl halides is 1. The van der Waals surface area contributed by atoms with Gasteiger partial charge >= 0.3 is 6.09 Å². The topological polar surface area (TPSA) is 79.8 Å². The SMILES string of the molecule is CC(C)(C)OC(=O)N1CCC(Nc2nc(N3CCOCC3)nc(Cl)c2CCCl)CC1. The molecular weight excluding hydrogens is 429 g/mol. The van der Waals surface area contributed by atoms with Gasteiger partial charge in [-0.3, -0.25) is 0 Å². The number of aromatic nitrogens is 2. The predicted molar refractivity (Wildman–Crippen MR) is 119 cm³/mol. The molecule has 0 bridgehead atoms. The average Bonchev–Trinajstić information content (AvgIpc) is 2.70. The van der Waals surface area contributed by atoms with Gasteiger partial charge in [0, 0.05) is 43.7 Å². The molecule has 2 fully saturated rings. The number of piperidine rings is 1. The summed E-state index contributed by atoms with van der Waals surface area (Å²) in [5.41, 5.74) is 0.342. The molecule has 3 rings (SSSR count). The Morgan fingerprint density at radius 1 is 1.20 bits per heavy atom. The van der Waals surface area contributed by atoms with Crippen LogP contribution in [0.25, 0.3) is 0 Å². The first kappa shape index (κ1) is 23.2. The third-order valence-electron chi connectivity index (χ3n) is 5.07. The average molecular weight is 460 g/mol. The minimum atomic E-state index is -0.490.